The highest BCUT2D eigenvalue weighted by Crippen LogP contribution is 2.63. The van der Waals surface area contributed by atoms with Crippen LogP contribution in [-0.2, 0) is 0 Å². The van der Waals surface area contributed by atoms with Crippen molar-refractivity contribution < 1.29 is 0 Å². The average molecular weight is 411 g/mol. The SMILES string of the molecule is CC(C)(C)[Si](Cl)(C(C)(C)C)[Si](Cl)(Cl)[Si](Cl)(Cl)Cl. The Morgan fingerprint density at radius 2 is 0.824 bits per heavy atom. The van der Waals surface area contributed by atoms with Gasteiger partial charge in [0.15, 0.2) is 6.90 Å². The molecule has 0 aromatic carbocycles. The molecule has 9 heteroatoms. The number of hydrogen-bond acceptors (Lipinski definition) is 0. The minimum absolute atomic E-state index is 0.237. The highest BCUT2D eigenvalue weighted by molar-refractivity contribution is 8.17. The van der Waals surface area contributed by atoms with E-state index >= 15 is 0 Å². The molecule has 0 rings (SSSR count). The Balaban J connectivity index is 6.04. The van der Waals surface area contributed by atoms with E-state index in [1.807, 2.05) is 41.5 Å². The molecular weight excluding hydrogens is 393 g/mol. The minimum atomic E-state index is -3.22. The second-order valence-corrected chi connectivity index (χ2v) is 43.3. The molecule has 0 aliphatic carbocycles. The minimum Gasteiger partial charge on any atom is -0.166 e. The molecule has 0 saturated heterocycles. The molecule has 0 N–H and O–H groups in total. The maximum atomic E-state index is 6.99. The van der Waals surface area contributed by atoms with Gasteiger partial charge in [-0.1, -0.05) is 41.5 Å². The fourth-order valence-electron chi connectivity index (χ4n) is 2.26. The molecule has 0 aliphatic heterocycles. The first-order valence-electron chi connectivity index (χ1n) is 5.13. The van der Waals surface area contributed by atoms with Gasteiger partial charge in [-0.15, -0.1) is 55.4 Å². The predicted molar refractivity (Wildman–Crippen MR) is 91.8 cm³/mol. The summed E-state index contributed by atoms with van der Waals surface area (Å²) in [7, 11) is 0. The zero-order valence-corrected chi connectivity index (χ0v) is 18.3. The van der Waals surface area contributed by atoms with E-state index in [9.17, 15) is 0 Å². The van der Waals surface area contributed by atoms with Crippen molar-refractivity contribution in [1.82, 2.24) is 0 Å². The molecule has 0 saturated carbocycles. The largest absolute Gasteiger partial charge is 0.357 e. The second-order valence-electron chi connectivity index (χ2n) is 6.23. The molecule has 17 heavy (non-hydrogen) atoms. The topological polar surface area (TPSA) is 0 Å². The third-order valence-electron chi connectivity index (χ3n) is 2.86. The van der Waals surface area contributed by atoms with Gasteiger partial charge in [0.1, 0.15) is 0 Å². The molecule has 0 unspecified atom stereocenters. The Morgan fingerprint density at radius 3 is 0.882 bits per heavy atom. The molecule has 0 aromatic rings. The normalized spacial score (nSPS) is 16.2. The monoisotopic (exact) mass is 408 g/mol. The smallest absolute Gasteiger partial charge is 0.166 e. The summed E-state index contributed by atoms with van der Waals surface area (Å²) >= 11 is 38.6. The van der Waals surface area contributed by atoms with Crippen LogP contribution in [0.5, 0.6) is 0 Å². The molecule has 0 aliphatic rings. The van der Waals surface area contributed by atoms with Crippen molar-refractivity contribution in [2.45, 2.75) is 51.6 Å². The van der Waals surface area contributed by atoms with E-state index in [1.165, 1.54) is 0 Å². The summed E-state index contributed by atoms with van der Waals surface area (Å²) < 4.78 is 0. The predicted octanol–water partition coefficient (Wildman–Crippen LogP) is 6.50. The highest BCUT2D eigenvalue weighted by atomic mass is 35.9. The van der Waals surface area contributed by atoms with Crippen molar-refractivity contribution in [1.29, 1.82) is 0 Å². The van der Waals surface area contributed by atoms with Crippen molar-refractivity contribution in [2.24, 2.45) is 0 Å². The van der Waals surface area contributed by atoms with Crippen LogP contribution in [0.3, 0.4) is 0 Å². The van der Waals surface area contributed by atoms with E-state index in [0.29, 0.717) is 0 Å². The van der Waals surface area contributed by atoms with Gasteiger partial charge in [-0.3, -0.25) is 0 Å². The first-order valence-corrected chi connectivity index (χ1v) is 19.2. The lowest BCUT2D eigenvalue weighted by molar-refractivity contribution is 0.650. The molecule has 0 fully saturated rings. The molecule has 0 amide bonds. The maximum Gasteiger partial charge on any atom is 0.357 e. The van der Waals surface area contributed by atoms with Crippen molar-refractivity contribution >= 4 is 84.6 Å². The van der Waals surface area contributed by atoms with Gasteiger partial charge in [0, 0.05) is 0 Å². The molecule has 0 heterocycles. The van der Waals surface area contributed by atoms with Gasteiger partial charge < -0.3 is 0 Å². The van der Waals surface area contributed by atoms with Crippen LogP contribution in [0.15, 0.2) is 0 Å². The van der Waals surface area contributed by atoms with Gasteiger partial charge in [-0.25, -0.2) is 0 Å². The van der Waals surface area contributed by atoms with Crippen LogP contribution in [0.4, 0.5) is 0 Å². The van der Waals surface area contributed by atoms with Gasteiger partial charge in [0.05, 0.1) is 0 Å². The fourth-order valence-corrected chi connectivity index (χ4v) is 53.3. The maximum absolute atomic E-state index is 6.99. The highest BCUT2D eigenvalue weighted by Gasteiger charge is 2.74. The summed E-state index contributed by atoms with van der Waals surface area (Å²) in [5, 5.41) is -0.473. The third kappa shape index (κ3) is 3.35. The first-order chi connectivity index (χ1) is 7.00. The van der Waals surface area contributed by atoms with Crippen LogP contribution >= 0.6 is 66.5 Å². The zero-order chi connectivity index (χ0) is 14.5. The van der Waals surface area contributed by atoms with Crippen molar-refractivity contribution in [2.75, 3.05) is 0 Å². The van der Waals surface area contributed by atoms with Crippen LogP contribution < -0.4 is 0 Å². The van der Waals surface area contributed by atoms with Gasteiger partial charge in [-0.05, 0) is 10.1 Å². The van der Waals surface area contributed by atoms with Crippen LogP contribution in [0, 0.1) is 0 Å². The summed E-state index contributed by atoms with van der Waals surface area (Å²) in [5.74, 6) is 0. The lowest BCUT2D eigenvalue weighted by Gasteiger charge is -2.52. The van der Waals surface area contributed by atoms with Crippen molar-refractivity contribution in [3.05, 3.63) is 0 Å². The molecule has 0 bridgehead atoms. The third-order valence-corrected chi connectivity index (χ3v) is 61.0. The molecular formula is C8H18Cl6Si3. The number of hydrogen-bond donors (Lipinski definition) is 0. The van der Waals surface area contributed by atoms with Gasteiger partial charge in [0.25, 0.3) is 5.73 Å². The van der Waals surface area contributed by atoms with E-state index in [0.717, 1.165) is 0 Å². The van der Waals surface area contributed by atoms with Crippen LogP contribution in [0.2, 0.25) is 10.1 Å². The number of rotatable bonds is 2. The number of halogens is 6. The van der Waals surface area contributed by atoms with E-state index in [1.54, 1.807) is 0 Å². The summed E-state index contributed by atoms with van der Waals surface area (Å²) in [6.45, 7) is 9.51. The Bertz CT molecular complexity index is 271. The fraction of sp³-hybridized carbons (Fsp3) is 1.00. The van der Waals surface area contributed by atoms with E-state index in [4.69, 9.17) is 66.5 Å². The lowest BCUT2D eigenvalue weighted by Crippen LogP contribution is -2.70. The van der Waals surface area contributed by atoms with Gasteiger partial charge >= 0.3 is 5.52 Å². The lowest BCUT2D eigenvalue weighted by atomic mass is 10.2. The van der Waals surface area contributed by atoms with Crippen LogP contribution in [0.25, 0.3) is 0 Å². The summed E-state index contributed by atoms with van der Waals surface area (Å²) in [5.41, 5.74) is -6.37. The van der Waals surface area contributed by atoms with E-state index in [-0.39, 0.29) is 10.1 Å². The standard InChI is InChI=1S/C8H18Cl6Si3/c1-7(2,3)15(9,8(4,5)6)17(13,14)16(10,11)12/h1-6H3. The molecule has 0 spiro atoms. The van der Waals surface area contributed by atoms with Crippen LogP contribution in [-0.4, -0.2) is 18.2 Å². The molecule has 104 valence electrons. The van der Waals surface area contributed by atoms with Gasteiger partial charge in [-0.2, -0.15) is 11.1 Å². The summed E-state index contributed by atoms with van der Waals surface area (Å²) in [4.78, 5) is 0. The Kier molecular flexibility index (Phi) is 6.05. The quantitative estimate of drug-likeness (QED) is 0.359. The second kappa shape index (κ2) is 5.30. The summed E-state index contributed by atoms with van der Waals surface area (Å²) in [6.07, 6.45) is 0. The van der Waals surface area contributed by atoms with Gasteiger partial charge in [0.2, 0.25) is 0 Å². The molecule has 0 aromatic heterocycles. The molecule has 0 atom stereocenters. The summed E-state index contributed by atoms with van der Waals surface area (Å²) in [6, 6.07) is 0. The van der Waals surface area contributed by atoms with E-state index in [2.05, 4.69) is 0 Å². The molecule has 0 radical (unpaired) electrons. The Labute approximate surface area is 135 Å². The van der Waals surface area contributed by atoms with Crippen LogP contribution in [0.1, 0.15) is 41.5 Å². The Hall–Kier alpha value is 2.39. The zero-order valence-electron chi connectivity index (χ0n) is 10.8. The van der Waals surface area contributed by atoms with Crippen molar-refractivity contribution in [3.63, 3.8) is 0 Å². The van der Waals surface area contributed by atoms with Crippen molar-refractivity contribution in [3.8, 4) is 0 Å². The average Bonchev–Trinajstić information content (AvgIpc) is 1.95. The Morgan fingerprint density at radius 1 is 0.588 bits per heavy atom. The van der Waals surface area contributed by atoms with E-state index < -0.39 is 18.2 Å². The first kappa shape index (κ1) is 19.4. The molecule has 0 nitrogen and oxygen atoms in total.